The van der Waals surface area contributed by atoms with Gasteiger partial charge in [-0.3, -0.25) is 32.5 Å². The number of hydrogen-bond acceptors (Lipinski definition) is 14. The largest absolute Gasteiger partial charge is 0.472 e. The number of carbonyl (C=O) groups excluding carboxylic acids is 3. The van der Waals surface area contributed by atoms with Crippen LogP contribution in [0.3, 0.4) is 0 Å². The molecule has 0 aromatic carbocycles. The van der Waals surface area contributed by atoms with Gasteiger partial charge in [0.25, 0.3) is 0 Å². The molecular weight excluding hydrogens is 1650 g/mol. The van der Waals surface area contributed by atoms with Crippen molar-refractivity contribution in [1.82, 2.24) is 0 Å². The van der Waals surface area contributed by atoms with E-state index in [2.05, 4.69) is 191 Å². The van der Waals surface area contributed by atoms with E-state index in [4.69, 9.17) is 32.3 Å². The molecule has 5 atom stereocenters. The second-order valence-corrected chi connectivity index (χ2v) is 37.9. The average Bonchev–Trinajstić information content (AvgIpc) is 0.898. The van der Waals surface area contributed by atoms with Gasteiger partial charge in [-0.25, -0.2) is 9.13 Å². The van der Waals surface area contributed by atoms with Gasteiger partial charge in [0.15, 0.2) is 6.10 Å². The number of hydrogen-bond donors (Lipinski definition) is 4. The van der Waals surface area contributed by atoms with E-state index in [1.54, 1.807) is 0 Å². The Balaban J connectivity index is 4.62. The summed E-state index contributed by atoms with van der Waals surface area (Å²) in [7, 11) is -9.82. The first kappa shape index (κ1) is 124. The van der Waals surface area contributed by atoms with E-state index in [1.807, 2.05) is 0 Å². The normalized spacial score (nSPS) is 14.3. The van der Waals surface area contributed by atoms with E-state index in [-0.39, 0.29) is 19.3 Å². The molecule has 0 heterocycles. The minimum absolute atomic E-state index is 0.0996. The molecule has 0 spiro atoms. The first-order valence-corrected chi connectivity index (χ1v) is 55.4. The predicted molar refractivity (Wildman–Crippen MR) is 546 cm³/mol. The molecule has 4 N–H and O–H groups in total. The molecule has 5 unspecified atom stereocenters. The Morgan fingerprint density at radius 3 is 0.651 bits per heavy atom. The summed E-state index contributed by atoms with van der Waals surface area (Å²) in [6.07, 6.45) is 134. The number of esters is 3. The third kappa shape index (κ3) is 103. The van der Waals surface area contributed by atoms with Crippen molar-refractivity contribution in [3.63, 3.8) is 0 Å². The lowest BCUT2D eigenvalue weighted by molar-refractivity contribution is -0.161. The van der Waals surface area contributed by atoms with Crippen LogP contribution in [0, 0.1) is 0 Å². The Labute approximate surface area is 790 Å². The number of phosphoric ester groups is 2. The monoisotopic (exact) mass is 1840 g/mol. The number of aliphatic hydroxyl groups excluding tert-OH is 2. The molecule has 0 aliphatic heterocycles. The smallest absolute Gasteiger partial charge is 0.463 e. The Hall–Kier alpha value is -5.09. The summed E-state index contributed by atoms with van der Waals surface area (Å²) in [6, 6.07) is 0. The number of aliphatic hydroxyl groups is 2. The molecular formula is C111H192O16P2. The molecule has 129 heavy (non-hydrogen) atoms. The van der Waals surface area contributed by atoms with E-state index in [0.29, 0.717) is 19.3 Å². The van der Waals surface area contributed by atoms with Gasteiger partial charge in [-0.15, -0.1) is 0 Å². The summed E-state index contributed by atoms with van der Waals surface area (Å²) in [4.78, 5) is 59.3. The standard InChI is InChI=1S/C111H192O16P2/c1-4-7-10-13-16-19-22-25-28-31-34-37-40-43-46-49-51-52-54-57-58-61-64-67-70-73-76-79-82-85-88-91-94-97-109(114)121-100-106(112)101-123-128(117,118)124-102-107(113)103-125-129(119,120)126-105-108(127-111(116)99-96-93-90-87-84-81-78-75-72-69-66-63-60-55-48-45-42-39-36-33-30-27-24-21-18-15-12-9-6-3)104-122-110(115)98-95-92-89-86-83-80-77-74-71-68-65-62-59-56-53-50-47-44-41-38-35-32-29-26-23-20-17-14-11-8-5-2/h8,11,16-21,25-30,34-39,43-48,53,56,106-108,112-113H,4-7,9-10,12-15,22-24,31-33,40-42,49-52,54-55,57-105H2,1-3H3,(H,117,118)(H,119,120)/b11-8-,19-16-,20-17-,21-18-,28-25-,29-26-,30-27-,37-34-,38-35-,39-36-,46-43-,47-44-,48-45-,56-53-. The van der Waals surface area contributed by atoms with Crippen LogP contribution in [-0.2, 0) is 55.8 Å². The lowest BCUT2D eigenvalue weighted by Gasteiger charge is -2.21. The zero-order valence-electron chi connectivity index (χ0n) is 82.3. The van der Waals surface area contributed by atoms with Crippen molar-refractivity contribution in [3.05, 3.63) is 170 Å². The van der Waals surface area contributed by atoms with E-state index in [0.717, 1.165) is 161 Å². The highest BCUT2D eigenvalue weighted by molar-refractivity contribution is 7.47. The van der Waals surface area contributed by atoms with Crippen LogP contribution in [-0.4, -0.2) is 95.9 Å². The van der Waals surface area contributed by atoms with Crippen LogP contribution in [0.4, 0.5) is 0 Å². The molecule has 0 bridgehead atoms. The van der Waals surface area contributed by atoms with Crippen molar-refractivity contribution in [1.29, 1.82) is 0 Å². The van der Waals surface area contributed by atoms with E-state index >= 15 is 0 Å². The van der Waals surface area contributed by atoms with Gasteiger partial charge in [0.1, 0.15) is 25.4 Å². The van der Waals surface area contributed by atoms with Crippen LogP contribution in [0.15, 0.2) is 170 Å². The minimum Gasteiger partial charge on any atom is -0.463 e. The van der Waals surface area contributed by atoms with Crippen molar-refractivity contribution in [2.24, 2.45) is 0 Å². The molecule has 16 nitrogen and oxygen atoms in total. The topological polar surface area (TPSA) is 231 Å². The molecule has 0 saturated carbocycles. The first-order valence-electron chi connectivity index (χ1n) is 52.4. The highest BCUT2D eigenvalue weighted by Gasteiger charge is 2.30. The minimum atomic E-state index is -4.95. The van der Waals surface area contributed by atoms with Gasteiger partial charge in [0.05, 0.1) is 26.4 Å². The Morgan fingerprint density at radius 1 is 0.225 bits per heavy atom. The number of ether oxygens (including phenoxy) is 3. The predicted octanol–water partition coefficient (Wildman–Crippen LogP) is 33.3. The summed E-state index contributed by atoms with van der Waals surface area (Å²) in [5.74, 6) is -1.56. The number of rotatable bonds is 99. The maximum atomic E-state index is 13.1. The molecule has 0 aromatic rings. The van der Waals surface area contributed by atoms with Crippen LogP contribution >= 0.6 is 15.6 Å². The third-order valence-corrected chi connectivity index (χ3v) is 24.3. The second-order valence-electron chi connectivity index (χ2n) is 35.0. The SMILES string of the molecule is CC/C=C\C/C=C\C/C=C\C/C=C\C/C=C\C/C=C\CCCCCCCCCCCCCCC(=O)OCC(COP(=O)(O)OCC(O)COP(=O)(O)OCC(O)COC(=O)CCCCCCCCCCCCCCCCCCC/C=C\C/C=C\C/C=C\C/C=C\CCCCC)OC(=O)CCCCCCCCCCCCCCC/C=C\C/C=C\C/C=C\C/C=C\CCCCC. The molecule has 0 fully saturated rings. The first-order chi connectivity index (χ1) is 63.2. The summed E-state index contributed by atoms with van der Waals surface area (Å²) in [5, 5.41) is 20.8. The molecule has 0 rings (SSSR count). The van der Waals surface area contributed by atoms with E-state index in [1.165, 1.54) is 238 Å². The summed E-state index contributed by atoms with van der Waals surface area (Å²) >= 11 is 0. The molecule has 0 aliphatic rings. The molecule has 0 aliphatic carbocycles. The maximum Gasteiger partial charge on any atom is 0.472 e. The quantitative estimate of drug-likeness (QED) is 0.0146. The zero-order valence-corrected chi connectivity index (χ0v) is 84.1. The van der Waals surface area contributed by atoms with Crippen LogP contribution in [0.2, 0.25) is 0 Å². The van der Waals surface area contributed by atoms with Gasteiger partial charge < -0.3 is 34.2 Å². The molecule has 0 aromatic heterocycles. The van der Waals surface area contributed by atoms with Gasteiger partial charge in [0.2, 0.25) is 0 Å². The Bertz CT molecular complexity index is 3030. The average molecular weight is 1840 g/mol. The lowest BCUT2D eigenvalue weighted by atomic mass is 10.0. The summed E-state index contributed by atoms with van der Waals surface area (Å²) < 4.78 is 61.7. The Morgan fingerprint density at radius 2 is 0.411 bits per heavy atom. The highest BCUT2D eigenvalue weighted by Crippen LogP contribution is 2.45. The lowest BCUT2D eigenvalue weighted by Crippen LogP contribution is -2.30. The highest BCUT2D eigenvalue weighted by atomic mass is 31.2. The van der Waals surface area contributed by atoms with E-state index in [9.17, 15) is 43.5 Å². The van der Waals surface area contributed by atoms with Gasteiger partial charge >= 0.3 is 33.6 Å². The number of unbranched alkanes of at least 4 members (excludes halogenated alkanes) is 48. The molecule has 0 amide bonds. The molecule has 742 valence electrons. The summed E-state index contributed by atoms with van der Waals surface area (Å²) in [6.45, 7) is 2.59. The Kier molecular flexibility index (Phi) is 97.8. The van der Waals surface area contributed by atoms with Crippen molar-refractivity contribution < 1.29 is 75.8 Å². The number of phosphoric acid groups is 2. The van der Waals surface area contributed by atoms with Crippen LogP contribution < -0.4 is 0 Å². The van der Waals surface area contributed by atoms with Crippen molar-refractivity contribution >= 4 is 33.6 Å². The fourth-order valence-corrected chi connectivity index (χ4v) is 16.1. The van der Waals surface area contributed by atoms with Crippen LogP contribution in [0.25, 0.3) is 0 Å². The van der Waals surface area contributed by atoms with Crippen molar-refractivity contribution in [2.75, 3.05) is 39.6 Å². The van der Waals surface area contributed by atoms with Gasteiger partial charge in [-0.2, -0.15) is 0 Å². The van der Waals surface area contributed by atoms with Crippen LogP contribution in [0.5, 0.6) is 0 Å². The number of carbonyl (C=O) groups is 3. The zero-order chi connectivity index (χ0) is 93.5. The fourth-order valence-electron chi connectivity index (χ4n) is 14.5. The second kappa shape index (κ2) is 102. The van der Waals surface area contributed by atoms with Gasteiger partial charge in [-0.1, -0.05) is 448 Å². The number of allylic oxidation sites excluding steroid dienone is 28. The fraction of sp³-hybridized carbons (Fsp3) is 0.721. The molecule has 0 saturated heterocycles. The van der Waals surface area contributed by atoms with Gasteiger partial charge in [0, 0.05) is 19.3 Å². The third-order valence-electron chi connectivity index (χ3n) is 22.4. The maximum absolute atomic E-state index is 13.1. The van der Waals surface area contributed by atoms with Crippen molar-refractivity contribution in [3.8, 4) is 0 Å². The molecule has 0 radical (unpaired) electrons. The van der Waals surface area contributed by atoms with Crippen LogP contribution in [0.1, 0.15) is 457 Å². The van der Waals surface area contributed by atoms with Gasteiger partial charge in [-0.05, 0) is 161 Å². The van der Waals surface area contributed by atoms with E-state index < -0.39 is 91.5 Å². The molecule has 18 heteroatoms. The summed E-state index contributed by atoms with van der Waals surface area (Å²) in [5.41, 5.74) is 0. The van der Waals surface area contributed by atoms with Crippen molar-refractivity contribution in [2.45, 2.75) is 476 Å².